The van der Waals surface area contributed by atoms with E-state index in [4.69, 9.17) is 13.9 Å². The summed E-state index contributed by atoms with van der Waals surface area (Å²) < 4.78 is 17.2. The molecule has 2 aromatic heterocycles. The maximum atomic E-state index is 12.2. The Hall–Kier alpha value is -3.92. The van der Waals surface area contributed by atoms with Gasteiger partial charge in [-0.25, -0.2) is 9.78 Å². The van der Waals surface area contributed by atoms with E-state index in [1.807, 2.05) is 39.0 Å². The molecule has 2 aliphatic heterocycles. The van der Waals surface area contributed by atoms with E-state index in [-0.39, 0.29) is 17.6 Å². The molecule has 3 aromatic rings. The quantitative estimate of drug-likeness (QED) is 0.501. The minimum absolute atomic E-state index is 0.0169. The molecular formula is C26H29N5O5. The predicted octanol–water partition coefficient (Wildman–Crippen LogP) is 5.24. The van der Waals surface area contributed by atoms with Crippen molar-refractivity contribution in [2.45, 2.75) is 45.4 Å². The Balaban J connectivity index is 1.39. The summed E-state index contributed by atoms with van der Waals surface area (Å²) in [6.45, 7) is 7.50. The average molecular weight is 492 g/mol. The van der Waals surface area contributed by atoms with Crippen molar-refractivity contribution >= 4 is 34.7 Å². The highest BCUT2D eigenvalue weighted by atomic mass is 16.6. The number of carbonyl (C=O) groups is 1. The second kappa shape index (κ2) is 9.27. The van der Waals surface area contributed by atoms with Crippen LogP contribution in [0.4, 0.5) is 10.6 Å². The maximum absolute atomic E-state index is 12.2. The van der Waals surface area contributed by atoms with Crippen LogP contribution in [0, 0.1) is 0 Å². The number of ether oxygens (including phenoxy) is 2. The van der Waals surface area contributed by atoms with Gasteiger partial charge < -0.3 is 24.3 Å². The van der Waals surface area contributed by atoms with Gasteiger partial charge in [-0.05, 0) is 51.5 Å². The van der Waals surface area contributed by atoms with Crippen LogP contribution in [0.15, 0.2) is 45.1 Å². The third-order valence-corrected chi connectivity index (χ3v) is 6.10. The molecule has 1 saturated heterocycles. The largest absolute Gasteiger partial charge is 0.504 e. The molecular weight excluding hydrogens is 462 g/mol. The molecule has 0 spiro atoms. The molecule has 1 unspecified atom stereocenters. The van der Waals surface area contributed by atoms with Crippen molar-refractivity contribution in [1.29, 1.82) is 0 Å². The van der Waals surface area contributed by atoms with Crippen molar-refractivity contribution in [3.63, 3.8) is 0 Å². The highest BCUT2D eigenvalue weighted by molar-refractivity contribution is 5.94. The highest BCUT2D eigenvalue weighted by Gasteiger charge is 2.28. The van der Waals surface area contributed by atoms with Crippen LogP contribution in [0.5, 0.6) is 11.5 Å². The molecule has 1 aromatic carbocycles. The van der Waals surface area contributed by atoms with Crippen LogP contribution in [0.3, 0.4) is 0 Å². The number of likely N-dealkylation sites (tertiary alicyclic amines) is 1. The second-order valence-electron chi connectivity index (χ2n) is 9.91. The van der Waals surface area contributed by atoms with Crippen LogP contribution in [0.1, 0.15) is 44.1 Å². The van der Waals surface area contributed by atoms with E-state index < -0.39 is 11.7 Å². The number of fused-ring (bicyclic) bond motifs is 2. The molecule has 1 fully saturated rings. The number of methoxy groups -OCH3 is 1. The van der Waals surface area contributed by atoms with Gasteiger partial charge in [-0.2, -0.15) is 0 Å². The van der Waals surface area contributed by atoms with Crippen molar-refractivity contribution in [2.75, 3.05) is 20.2 Å². The van der Waals surface area contributed by atoms with Crippen LogP contribution >= 0.6 is 0 Å². The van der Waals surface area contributed by atoms with Crippen molar-refractivity contribution in [2.24, 2.45) is 10.2 Å². The van der Waals surface area contributed by atoms with Gasteiger partial charge in [0, 0.05) is 43.5 Å². The van der Waals surface area contributed by atoms with E-state index in [0.717, 1.165) is 24.1 Å². The first-order chi connectivity index (χ1) is 17.2. The average Bonchev–Trinajstić information content (AvgIpc) is 3.52. The summed E-state index contributed by atoms with van der Waals surface area (Å²) >= 11 is 0. The van der Waals surface area contributed by atoms with E-state index in [9.17, 15) is 9.90 Å². The number of nitrogens with one attached hydrogen (secondary N) is 1. The summed E-state index contributed by atoms with van der Waals surface area (Å²) in [5.74, 6) is 1.51. The molecule has 36 heavy (non-hydrogen) atoms. The van der Waals surface area contributed by atoms with Crippen LogP contribution < -0.4 is 10.1 Å². The maximum Gasteiger partial charge on any atom is 0.407 e. The van der Waals surface area contributed by atoms with Gasteiger partial charge in [-0.3, -0.25) is 4.90 Å². The number of aromatic hydroxyl groups is 1. The Morgan fingerprint density at radius 1 is 1.31 bits per heavy atom. The smallest absolute Gasteiger partial charge is 0.407 e. The molecule has 2 aliphatic rings. The molecule has 5 rings (SSSR count). The van der Waals surface area contributed by atoms with Gasteiger partial charge >= 0.3 is 6.09 Å². The lowest BCUT2D eigenvalue weighted by Gasteiger charge is -2.22. The van der Waals surface area contributed by atoms with Gasteiger partial charge in [0.05, 0.1) is 18.1 Å². The zero-order valence-electron chi connectivity index (χ0n) is 20.7. The first-order valence-corrected chi connectivity index (χ1v) is 11.8. The number of furan rings is 1. The van der Waals surface area contributed by atoms with E-state index in [0.29, 0.717) is 41.3 Å². The van der Waals surface area contributed by atoms with Gasteiger partial charge in [-0.1, -0.05) is 0 Å². The number of alkyl carbamates (subject to hydrolysis) is 1. The molecule has 1 atom stereocenters. The summed E-state index contributed by atoms with van der Waals surface area (Å²) in [4.78, 5) is 18.6. The van der Waals surface area contributed by atoms with Crippen LogP contribution in [0.25, 0.3) is 22.7 Å². The molecule has 4 heterocycles. The SMILES string of the molecule is COc1ccc2c(O)c(C=C3N=Nc4ncccc43)oc2c1CN1CCC(NC(=O)OC(C)(C)C)C1. The number of amides is 1. The van der Waals surface area contributed by atoms with E-state index in [2.05, 4.69) is 25.4 Å². The topological polar surface area (TPSA) is 122 Å². The number of hydrogen-bond acceptors (Lipinski definition) is 9. The lowest BCUT2D eigenvalue weighted by molar-refractivity contribution is 0.0505. The first-order valence-electron chi connectivity index (χ1n) is 11.8. The molecule has 10 nitrogen and oxygen atoms in total. The van der Waals surface area contributed by atoms with Gasteiger partial charge in [0.2, 0.25) is 0 Å². The summed E-state index contributed by atoms with van der Waals surface area (Å²) in [7, 11) is 1.61. The standard InChI is InChI=1S/C26H29N5O5/c1-26(2,3)36-25(33)28-15-9-11-31(13-15)14-18-20(34-4)8-7-17-22(32)21(35-23(17)18)12-19-16-6-5-10-27-24(16)30-29-19/h5-8,10,12,15,32H,9,11,13-14H2,1-4H3,(H,28,33). The number of benzene rings is 1. The number of pyridine rings is 1. The van der Waals surface area contributed by atoms with Gasteiger partial charge in [0.25, 0.3) is 0 Å². The van der Waals surface area contributed by atoms with E-state index in [1.165, 1.54) is 0 Å². The Bertz CT molecular complexity index is 1370. The number of aromatic nitrogens is 1. The lowest BCUT2D eigenvalue weighted by atomic mass is 10.1. The molecule has 0 saturated carbocycles. The molecule has 188 valence electrons. The Morgan fingerprint density at radius 2 is 2.14 bits per heavy atom. The van der Waals surface area contributed by atoms with E-state index >= 15 is 0 Å². The number of nitrogens with zero attached hydrogens (tertiary/aromatic N) is 4. The minimum Gasteiger partial charge on any atom is -0.504 e. The number of rotatable bonds is 5. The minimum atomic E-state index is -0.544. The van der Waals surface area contributed by atoms with Crippen molar-refractivity contribution < 1.29 is 23.8 Å². The zero-order valence-corrected chi connectivity index (χ0v) is 20.7. The summed E-state index contributed by atoms with van der Waals surface area (Å²) in [6, 6.07) is 7.27. The van der Waals surface area contributed by atoms with Gasteiger partial charge in [0.15, 0.2) is 17.3 Å². The molecule has 10 heteroatoms. The highest BCUT2D eigenvalue weighted by Crippen LogP contribution is 2.42. The van der Waals surface area contributed by atoms with Crippen LogP contribution in [-0.2, 0) is 11.3 Å². The van der Waals surface area contributed by atoms with Crippen LogP contribution in [-0.4, -0.2) is 52.9 Å². The summed E-state index contributed by atoms with van der Waals surface area (Å²) in [5, 5.41) is 22.7. The fourth-order valence-corrected chi connectivity index (χ4v) is 4.50. The fourth-order valence-electron chi connectivity index (χ4n) is 4.50. The predicted molar refractivity (Wildman–Crippen MR) is 134 cm³/mol. The van der Waals surface area contributed by atoms with Crippen LogP contribution in [0.2, 0.25) is 0 Å². The normalized spacial score (nSPS) is 18.7. The Kier molecular flexibility index (Phi) is 6.13. The molecule has 0 bridgehead atoms. The van der Waals surface area contributed by atoms with E-state index in [1.54, 1.807) is 25.4 Å². The third kappa shape index (κ3) is 4.76. The first kappa shape index (κ1) is 23.8. The summed E-state index contributed by atoms with van der Waals surface area (Å²) in [5.41, 5.74) is 2.16. The number of azo groups is 1. The fraction of sp³-hybridized carbons (Fsp3) is 0.385. The van der Waals surface area contributed by atoms with Crippen molar-refractivity contribution in [3.8, 4) is 11.5 Å². The number of hydrogen-bond donors (Lipinski definition) is 2. The Morgan fingerprint density at radius 3 is 2.92 bits per heavy atom. The molecule has 1 amide bonds. The number of carbonyl (C=O) groups excluding carboxylic acids is 1. The van der Waals surface area contributed by atoms with Gasteiger partial charge in [-0.15, -0.1) is 10.2 Å². The Labute approximate surface area is 208 Å². The lowest BCUT2D eigenvalue weighted by Crippen LogP contribution is -2.40. The summed E-state index contributed by atoms with van der Waals surface area (Å²) in [6.07, 6.45) is 3.71. The molecule has 2 N–H and O–H groups in total. The second-order valence-corrected chi connectivity index (χ2v) is 9.91. The third-order valence-electron chi connectivity index (χ3n) is 6.10. The molecule has 0 aliphatic carbocycles. The monoisotopic (exact) mass is 491 g/mol. The van der Waals surface area contributed by atoms with Gasteiger partial charge in [0.1, 0.15) is 22.6 Å². The zero-order chi connectivity index (χ0) is 25.4. The van der Waals surface area contributed by atoms with Crippen molar-refractivity contribution in [3.05, 3.63) is 47.3 Å². The van der Waals surface area contributed by atoms with Crippen molar-refractivity contribution in [1.82, 2.24) is 15.2 Å². The molecule has 0 radical (unpaired) electrons.